The molecule has 0 radical (unpaired) electrons. The molecule has 1 unspecified atom stereocenters. The molecule has 17 heavy (non-hydrogen) atoms. The summed E-state index contributed by atoms with van der Waals surface area (Å²) in [5.41, 5.74) is 0. The molecule has 1 aliphatic heterocycles. The van der Waals surface area contributed by atoms with Crippen LogP contribution in [0, 0.1) is 5.92 Å². The van der Waals surface area contributed by atoms with E-state index in [0.29, 0.717) is 19.8 Å². The molecule has 0 bridgehead atoms. The van der Waals surface area contributed by atoms with E-state index in [0.717, 1.165) is 6.42 Å². The van der Waals surface area contributed by atoms with Gasteiger partial charge in [-0.15, -0.1) is 0 Å². The Labute approximate surface area is 102 Å². The van der Waals surface area contributed by atoms with Crippen molar-refractivity contribution in [2.75, 3.05) is 32.6 Å². The molecule has 7 heteroatoms. The van der Waals surface area contributed by atoms with E-state index in [1.54, 1.807) is 0 Å². The number of carbonyl (C=O) groups excluding carboxylic acids is 1. The van der Waals surface area contributed by atoms with Crippen LogP contribution in [-0.4, -0.2) is 47.0 Å². The van der Waals surface area contributed by atoms with Crippen molar-refractivity contribution in [3.63, 3.8) is 0 Å². The summed E-state index contributed by atoms with van der Waals surface area (Å²) >= 11 is 0. The van der Waals surface area contributed by atoms with Crippen LogP contribution in [0.1, 0.15) is 19.3 Å². The van der Waals surface area contributed by atoms with E-state index in [4.69, 9.17) is 4.74 Å². The average molecular weight is 265 g/mol. The summed E-state index contributed by atoms with van der Waals surface area (Å²) in [6, 6.07) is 0. The molecule has 1 aliphatic rings. The van der Waals surface area contributed by atoms with Crippen LogP contribution in [0.25, 0.3) is 0 Å². The third-order valence-electron chi connectivity index (χ3n) is 2.64. The molecule has 1 heterocycles. The van der Waals surface area contributed by atoms with Crippen molar-refractivity contribution in [2.45, 2.75) is 19.3 Å². The summed E-state index contributed by atoms with van der Waals surface area (Å²) in [5.74, 6) is -0.162. The van der Waals surface area contributed by atoms with Crippen LogP contribution in [0.4, 0.5) is 0 Å². The number of nitrogens with one attached hydrogen (secondary N) is 1. The van der Waals surface area contributed by atoms with Crippen molar-refractivity contribution in [1.29, 1.82) is 0 Å². The maximum atomic E-state index is 11.6. The first-order valence-electron chi connectivity index (χ1n) is 5.65. The Balaban J connectivity index is 2.18. The Bertz CT molecular complexity index is 335. The van der Waals surface area contributed by atoms with Crippen LogP contribution >= 0.6 is 0 Å². The summed E-state index contributed by atoms with van der Waals surface area (Å²) < 4.78 is 35.2. The van der Waals surface area contributed by atoms with Gasteiger partial charge in [0.1, 0.15) is 0 Å². The predicted molar refractivity (Wildman–Crippen MR) is 62.0 cm³/mol. The standard InChI is InChI=1S/C10H19NO5S/c1-15-10(12)3-2-6-17(13,14)11-7-9-4-5-16-8-9/h9,11H,2-8H2,1H3. The van der Waals surface area contributed by atoms with Crippen molar-refractivity contribution >= 4 is 16.0 Å². The molecule has 1 saturated heterocycles. The summed E-state index contributed by atoms with van der Waals surface area (Å²) in [6.07, 6.45) is 1.30. The van der Waals surface area contributed by atoms with Gasteiger partial charge in [-0.3, -0.25) is 4.79 Å². The van der Waals surface area contributed by atoms with E-state index >= 15 is 0 Å². The summed E-state index contributed by atoms with van der Waals surface area (Å²) in [4.78, 5) is 10.8. The summed E-state index contributed by atoms with van der Waals surface area (Å²) in [5, 5.41) is 0. The van der Waals surface area contributed by atoms with E-state index < -0.39 is 10.0 Å². The second kappa shape index (κ2) is 6.93. The number of ether oxygens (including phenoxy) is 2. The van der Waals surface area contributed by atoms with Gasteiger partial charge in [0, 0.05) is 19.6 Å². The fourth-order valence-corrected chi connectivity index (χ4v) is 2.73. The molecule has 1 fully saturated rings. The molecule has 0 spiro atoms. The summed E-state index contributed by atoms with van der Waals surface area (Å²) in [6.45, 7) is 1.74. The second-order valence-corrected chi connectivity index (χ2v) is 6.00. The van der Waals surface area contributed by atoms with Crippen LogP contribution in [-0.2, 0) is 24.3 Å². The smallest absolute Gasteiger partial charge is 0.305 e. The molecule has 1 N–H and O–H groups in total. The molecule has 6 nitrogen and oxygen atoms in total. The Morgan fingerprint density at radius 2 is 2.29 bits per heavy atom. The van der Waals surface area contributed by atoms with Gasteiger partial charge in [-0.2, -0.15) is 0 Å². The van der Waals surface area contributed by atoms with Crippen LogP contribution < -0.4 is 4.72 Å². The topological polar surface area (TPSA) is 81.7 Å². The molecule has 0 aromatic heterocycles. The third kappa shape index (κ3) is 5.99. The Morgan fingerprint density at radius 1 is 1.53 bits per heavy atom. The highest BCUT2D eigenvalue weighted by Gasteiger charge is 2.18. The van der Waals surface area contributed by atoms with Crippen molar-refractivity contribution in [3.05, 3.63) is 0 Å². The molecule has 100 valence electrons. The van der Waals surface area contributed by atoms with Gasteiger partial charge in [0.2, 0.25) is 10.0 Å². The number of hydrogen-bond donors (Lipinski definition) is 1. The van der Waals surface area contributed by atoms with Gasteiger partial charge >= 0.3 is 5.97 Å². The van der Waals surface area contributed by atoms with Gasteiger partial charge < -0.3 is 9.47 Å². The molecule has 1 rings (SSSR count). The zero-order valence-electron chi connectivity index (χ0n) is 9.98. The lowest BCUT2D eigenvalue weighted by molar-refractivity contribution is -0.140. The molecule has 0 amide bonds. The molecule has 0 aromatic carbocycles. The zero-order chi connectivity index (χ0) is 12.7. The number of rotatable bonds is 7. The number of hydrogen-bond acceptors (Lipinski definition) is 5. The highest BCUT2D eigenvalue weighted by molar-refractivity contribution is 7.89. The summed E-state index contributed by atoms with van der Waals surface area (Å²) in [7, 11) is -2.00. The first-order valence-corrected chi connectivity index (χ1v) is 7.30. The maximum Gasteiger partial charge on any atom is 0.305 e. The van der Waals surface area contributed by atoms with Gasteiger partial charge in [-0.05, 0) is 18.8 Å². The Kier molecular flexibility index (Phi) is 5.87. The molecule has 1 atom stereocenters. The lowest BCUT2D eigenvalue weighted by Crippen LogP contribution is -2.31. The molecule has 0 aliphatic carbocycles. The van der Waals surface area contributed by atoms with Crippen molar-refractivity contribution in [2.24, 2.45) is 5.92 Å². The van der Waals surface area contributed by atoms with Gasteiger partial charge in [-0.1, -0.05) is 0 Å². The van der Waals surface area contributed by atoms with E-state index in [9.17, 15) is 13.2 Å². The number of methoxy groups -OCH3 is 1. The van der Waals surface area contributed by atoms with Crippen LogP contribution in [0.3, 0.4) is 0 Å². The zero-order valence-corrected chi connectivity index (χ0v) is 10.8. The molecule has 0 aromatic rings. The van der Waals surface area contributed by atoms with Gasteiger partial charge in [0.05, 0.1) is 19.5 Å². The minimum atomic E-state index is -3.29. The largest absolute Gasteiger partial charge is 0.469 e. The Morgan fingerprint density at radius 3 is 2.88 bits per heavy atom. The fourth-order valence-electron chi connectivity index (χ4n) is 1.57. The van der Waals surface area contributed by atoms with Gasteiger partial charge in [0.25, 0.3) is 0 Å². The van der Waals surface area contributed by atoms with Crippen molar-refractivity contribution in [1.82, 2.24) is 4.72 Å². The quantitative estimate of drug-likeness (QED) is 0.650. The minimum absolute atomic E-state index is 0.0460. The highest BCUT2D eigenvalue weighted by atomic mass is 32.2. The van der Waals surface area contributed by atoms with Crippen LogP contribution in [0.5, 0.6) is 0 Å². The lowest BCUT2D eigenvalue weighted by atomic mass is 10.1. The van der Waals surface area contributed by atoms with Gasteiger partial charge in [-0.25, -0.2) is 13.1 Å². The molecule has 0 saturated carbocycles. The first kappa shape index (κ1) is 14.4. The third-order valence-corrected chi connectivity index (χ3v) is 4.07. The monoisotopic (exact) mass is 265 g/mol. The Hall–Kier alpha value is -0.660. The second-order valence-electron chi connectivity index (χ2n) is 4.08. The average Bonchev–Trinajstić information content (AvgIpc) is 2.79. The molecular weight excluding hydrogens is 246 g/mol. The SMILES string of the molecule is COC(=O)CCCS(=O)(=O)NCC1CCOC1. The van der Waals surface area contributed by atoms with Crippen LogP contribution in [0.2, 0.25) is 0 Å². The lowest BCUT2D eigenvalue weighted by Gasteiger charge is -2.09. The van der Waals surface area contributed by atoms with Crippen molar-refractivity contribution < 1.29 is 22.7 Å². The maximum absolute atomic E-state index is 11.6. The van der Waals surface area contributed by atoms with Crippen LogP contribution in [0.15, 0.2) is 0 Å². The first-order chi connectivity index (χ1) is 8.03. The van der Waals surface area contributed by atoms with E-state index in [-0.39, 0.29) is 30.5 Å². The van der Waals surface area contributed by atoms with E-state index in [1.807, 2.05) is 0 Å². The number of sulfonamides is 1. The minimum Gasteiger partial charge on any atom is -0.469 e. The molecular formula is C10H19NO5S. The predicted octanol–water partition coefficient (Wildman–Crippen LogP) is -0.104. The van der Waals surface area contributed by atoms with Crippen molar-refractivity contribution in [3.8, 4) is 0 Å². The highest BCUT2D eigenvalue weighted by Crippen LogP contribution is 2.11. The van der Waals surface area contributed by atoms with Gasteiger partial charge in [0.15, 0.2) is 0 Å². The normalized spacial score (nSPS) is 20.4. The fraction of sp³-hybridized carbons (Fsp3) is 0.900. The van der Waals surface area contributed by atoms with E-state index in [1.165, 1.54) is 7.11 Å². The number of carbonyl (C=O) groups is 1. The van der Waals surface area contributed by atoms with E-state index in [2.05, 4.69) is 9.46 Å². The number of esters is 1.